The predicted octanol–water partition coefficient (Wildman–Crippen LogP) is 2.93. The number of carbonyl (C=O) groups excluding carboxylic acids is 1. The molecule has 29 heavy (non-hydrogen) atoms. The Morgan fingerprint density at radius 2 is 1.69 bits per heavy atom. The standard InChI is InChI=1S/C21H25N3O5/c1-21(2)8-11-15(12(25)9-21)14(16-19(22-11)23-24-20(16)26)10-6-7-13(27-3)18(29-5)17(10)28-4/h6-7,14H,8-9H2,1-5H3,(H3,22,23,24,26)/t14-/m1/s1. The first-order valence-corrected chi connectivity index (χ1v) is 9.44. The molecule has 1 aliphatic heterocycles. The summed E-state index contributed by atoms with van der Waals surface area (Å²) < 4.78 is 16.6. The third-order valence-corrected chi connectivity index (χ3v) is 5.63. The number of allylic oxidation sites excluding steroid dienone is 2. The topological polar surface area (TPSA) is 105 Å². The summed E-state index contributed by atoms with van der Waals surface area (Å²) in [5.41, 5.74) is 2.13. The van der Waals surface area contributed by atoms with Gasteiger partial charge in [-0.25, -0.2) is 0 Å². The molecule has 1 atom stereocenters. The van der Waals surface area contributed by atoms with Gasteiger partial charge in [0.2, 0.25) is 5.75 Å². The van der Waals surface area contributed by atoms with E-state index in [9.17, 15) is 9.59 Å². The summed E-state index contributed by atoms with van der Waals surface area (Å²) in [5.74, 6) is 1.39. The number of aromatic nitrogens is 2. The minimum absolute atomic E-state index is 0.0248. The van der Waals surface area contributed by atoms with Gasteiger partial charge in [0.25, 0.3) is 5.56 Å². The van der Waals surface area contributed by atoms with Gasteiger partial charge in [0, 0.05) is 23.3 Å². The Hall–Kier alpha value is -3.16. The van der Waals surface area contributed by atoms with Crippen LogP contribution in [0, 0.1) is 5.41 Å². The van der Waals surface area contributed by atoms with Crippen LogP contribution in [0.1, 0.15) is 43.7 Å². The van der Waals surface area contributed by atoms with Crippen LogP contribution in [0.2, 0.25) is 0 Å². The summed E-state index contributed by atoms with van der Waals surface area (Å²) in [6.07, 6.45) is 1.12. The van der Waals surface area contributed by atoms with Crippen molar-refractivity contribution in [2.24, 2.45) is 5.41 Å². The summed E-state index contributed by atoms with van der Waals surface area (Å²) in [7, 11) is 4.61. The van der Waals surface area contributed by atoms with Crippen molar-refractivity contribution in [2.75, 3.05) is 26.6 Å². The number of methoxy groups -OCH3 is 3. The number of aromatic amines is 2. The lowest BCUT2D eigenvalue weighted by atomic mass is 9.69. The lowest BCUT2D eigenvalue weighted by Gasteiger charge is -2.38. The van der Waals surface area contributed by atoms with Crippen molar-refractivity contribution in [1.82, 2.24) is 10.2 Å². The quantitative estimate of drug-likeness (QED) is 0.730. The van der Waals surface area contributed by atoms with Gasteiger partial charge in [-0.2, -0.15) is 0 Å². The number of H-pyrrole nitrogens is 2. The Morgan fingerprint density at radius 3 is 2.34 bits per heavy atom. The van der Waals surface area contributed by atoms with Crippen molar-refractivity contribution in [3.63, 3.8) is 0 Å². The van der Waals surface area contributed by atoms with Crippen LogP contribution in [0.15, 0.2) is 28.2 Å². The van der Waals surface area contributed by atoms with Crippen molar-refractivity contribution in [2.45, 2.75) is 32.6 Å². The Balaban J connectivity index is 2.01. The minimum Gasteiger partial charge on any atom is -0.493 e. The zero-order chi connectivity index (χ0) is 20.9. The molecule has 2 aliphatic rings. The van der Waals surface area contributed by atoms with Crippen molar-refractivity contribution in [3.05, 3.63) is 44.9 Å². The molecule has 2 aromatic rings. The van der Waals surface area contributed by atoms with Crippen LogP contribution in [0.5, 0.6) is 17.2 Å². The minimum atomic E-state index is -0.574. The van der Waals surface area contributed by atoms with Gasteiger partial charge < -0.3 is 19.5 Å². The molecule has 2 heterocycles. The Labute approximate surface area is 168 Å². The zero-order valence-corrected chi connectivity index (χ0v) is 17.2. The molecule has 8 nitrogen and oxygen atoms in total. The molecule has 0 fully saturated rings. The summed E-state index contributed by atoms with van der Waals surface area (Å²) >= 11 is 0. The number of benzene rings is 1. The maximum Gasteiger partial charge on any atom is 0.270 e. The van der Waals surface area contributed by atoms with Crippen LogP contribution >= 0.6 is 0 Å². The first-order chi connectivity index (χ1) is 13.8. The first kappa shape index (κ1) is 19.2. The number of hydrogen-bond acceptors (Lipinski definition) is 6. The number of rotatable bonds is 4. The molecular formula is C21H25N3O5. The third kappa shape index (κ3) is 2.90. The molecule has 4 rings (SSSR count). The normalized spacial score (nSPS) is 19.9. The largest absolute Gasteiger partial charge is 0.493 e. The lowest BCUT2D eigenvalue weighted by Crippen LogP contribution is -2.35. The van der Waals surface area contributed by atoms with E-state index in [1.165, 1.54) is 14.2 Å². The van der Waals surface area contributed by atoms with Crippen molar-refractivity contribution >= 4 is 11.6 Å². The molecule has 8 heteroatoms. The van der Waals surface area contributed by atoms with Crippen LogP contribution < -0.4 is 25.1 Å². The van der Waals surface area contributed by atoms with Crippen LogP contribution in [-0.4, -0.2) is 37.3 Å². The van der Waals surface area contributed by atoms with Crippen molar-refractivity contribution in [1.29, 1.82) is 0 Å². The van der Waals surface area contributed by atoms with E-state index < -0.39 is 5.92 Å². The van der Waals surface area contributed by atoms with Crippen molar-refractivity contribution < 1.29 is 19.0 Å². The molecule has 0 saturated carbocycles. The van der Waals surface area contributed by atoms with E-state index in [4.69, 9.17) is 14.2 Å². The Morgan fingerprint density at radius 1 is 0.966 bits per heavy atom. The average Bonchev–Trinajstić information content (AvgIpc) is 3.04. The third-order valence-electron chi connectivity index (χ3n) is 5.63. The summed E-state index contributed by atoms with van der Waals surface area (Å²) in [4.78, 5) is 25.9. The molecule has 3 N–H and O–H groups in total. The second-order valence-electron chi connectivity index (χ2n) is 8.18. The molecule has 1 aliphatic carbocycles. The Kier molecular flexibility index (Phi) is 4.44. The van der Waals surface area contributed by atoms with Gasteiger partial charge in [-0.3, -0.25) is 19.8 Å². The van der Waals surface area contributed by atoms with Gasteiger partial charge >= 0.3 is 0 Å². The number of ketones is 1. The molecule has 1 aromatic heterocycles. The van der Waals surface area contributed by atoms with E-state index in [2.05, 4.69) is 29.4 Å². The highest BCUT2D eigenvalue weighted by Crippen LogP contribution is 2.52. The van der Waals surface area contributed by atoms with Gasteiger partial charge in [0.15, 0.2) is 17.3 Å². The van der Waals surface area contributed by atoms with E-state index in [-0.39, 0.29) is 16.8 Å². The fraction of sp³-hybridized carbons (Fsp3) is 0.429. The van der Waals surface area contributed by atoms with Gasteiger partial charge in [0.05, 0.1) is 32.8 Å². The smallest absolute Gasteiger partial charge is 0.270 e. The van der Waals surface area contributed by atoms with Gasteiger partial charge in [-0.05, 0) is 17.9 Å². The van der Waals surface area contributed by atoms with E-state index in [0.29, 0.717) is 52.6 Å². The van der Waals surface area contributed by atoms with Crippen molar-refractivity contribution in [3.8, 4) is 17.2 Å². The number of fused-ring (bicyclic) bond motifs is 1. The maximum atomic E-state index is 13.2. The lowest BCUT2D eigenvalue weighted by molar-refractivity contribution is -0.118. The fourth-order valence-corrected chi connectivity index (χ4v) is 4.48. The predicted molar refractivity (Wildman–Crippen MR) is 108 cm³/mol. The van der Waals surface area contributed by atoms with Gasteiger partial charge in [-0.15, -0.1) is 0 Å². The summed E-state index contributed by atoms with van der Waals surface area (Å²) in [6, 6.07) is 3.58. The number of carbonyl (C=O) groups is 1. The molecule has 0 bridgehead atoms. The van der Waals surface area contributed by atoms with E-state index >= 15 is 0 Å². The molecule has 1 aromatic carbocycles. The molecular weight excluding hydrogens is 374 g/mol. The molecule has 154 valence electrons. The second kappa shape index (κ2) is 6.72. The van der Waals surface area contributed by atoms with E-state index in [1.807, 2.05) is 6.07 Å². The number of Topliss-reactive ketones (excluding diaryl/α,β-unsaturated/α-hetero) is 1. The van der Waals surface area contributed by atoms with Crippen LogP contribution in [0.4, 0.5) is 5.82 Å². The molecule has 0 amide bonds. The second-order valence-corrected chi connectivity index (χ2v) is 8.18. The van der Waals surface area contributed by atoms with E-state index in [1.54, 1.807) is 13.2 Å². The highest BCUT2D eigenvalue weighted by Gasteiger charge is 2.43. The highest BCUT2D eigenvalue weighted by molar-refractivity contribution is 6.01. The molecule has 0 unspecified atom stereocenters. The molecule has 0 radical (unpaired) electrons. The first-order valence-electron chi connectivity index (χ1n) is 9.44. The number of anilines is 1. The van der Waals surface area contributed by atoms with Crippen LogP contribution in [0.3, 0.4) is 0 Å². The monoisotopic (exact) mass is 399 g/mol. The van der Waals surface area contributed by atoms with Gasteiger partial charge in [-0.1, -0.05) is 19.9 Å². The van der Waals surface area contributed by atoms with Crippen LogP contribution in [-0.2, 0) is 4.79 Å². The molecule has 0 saturated heterocycles. The summed E-state index contributed by atoms with van der Waals surface area (Å²) in [5, 5.41) is 8.80. The highest BCUT2D eigenvalue weighted by atomic mass is 16.5. The number of hydrogen-bond donors (Lipinski definition) is 3. The molecule has 0 spiro atoms. The summed E-state index contributed by atoms with van der Waals surface area (Å²) in [6.45, 7) is 4.13. The zero-order valence-electron chi connectivity index (χ0n) is 17.2. The fourth-order valence-electron chi connectivity index (χ4n) is 4.48. The van der Waals surface area contributed by atoms with E-state index in [0.717, 1.165) is 5.70 Å². The number of nitrogens with one attached hydrogen (secondary N) is 3. The SMILES string of the molecule is COc1ccc([C@@H]2C3=C(CC(C)(C)CC3=O)Nc3[nH][nH]c(=O)c32)c(OC)c1OC. The average molecular weight is 399 g/mol. The van der Waals surface area contributed by atoms with Gasteiger partial charge in [0.1, 0.15) is 5.82 Å². The Bertz CT molecular complexity index is 1080. The maximum absolute atomic E-state index is 13.2. The van der Waals surface area contributed by atoms with Crippen LogP contribution in [0.25, 0.3) is 0 Å². The number of ether oxygens (including phenoxy) is 3.